The topological polar surface area (TPSA) is 9.23 Å². The first kappa shape index (κ1) is 36.0. The summed E-state index contributed by atoms with van der Waals surface area (Å²) in [6, 6.07) is 0. The summed E-state index contributed by atoms with van der Waals surface area (Å²) in [5, 5.41) is 0. The second-order valence-electron chi connectivity index (χ2n) is 13.1. The van der Waals surface area contributed by atoms with Crippen LogP contribution in [0.4, 0.5) is 0 Å². The Kier molecular flexibility index (Phi) is 28.3. The Morgan fingerprint density at radius 3 is 0.763 bits per heavy atom. The molecule has 0 radical (unpaired) electrons. The Morgan fingerprint density at radius 2 is 0.526 bits per heavy atom. The highest BCUT2D eigenvalue weighted by Gasteiger charge is 2.24. The molecule has 1 heteroatoms. The van der Waals surface area contributed by atoms with Gasteiger partial charge in [0.1, 0.15) is 0 Å². The van der Waals surface area contributed by atoms with Gasteiger partial charge in [-0.25, -0.2) is 0 Å². The van der Waals surface area contributed by atoms with Crippen LogP contribution in [0.25, 0.3) is 0 Å². The van der Waals surface area contributed by atoms with Crippen LogP contribution in [-0.2, 0) is 4.74 Å². The lowest BCUT2D eigenvalue weighted by atomic mass is 10.0. The third-order valence-corrected chi connectivity index (χ3v) is 9.20. The summed E-state index contributed by atoms with van der Waals surface area (Å²) in [4.78, 5) is 0. The molecule has 1 fully saturated rings. The first-order valence-electron chi connectivity index (χ1n) is 18.5. The monoisotopic (exact) mass is 535 g/mol. The first-order chi connectivity index (χ1) is 18.9. The fourth-order valence-corrected chi connectivity index (χ4v) is 6.51. The Hall–Kier alpha value is -0.0400. The largest absolute Gasteiger partial charge is 0.375 e. The van der Waals surface area contributed by atoms with Crippen molar-refractivity contribution in [3.8, 4) is 0 Å². The van der Waals surface area contributed by atoms with Crippen LogP contribution in [0.15, 0.2) is 0 Å². The third kappa shape index (κ3) is 25.0. The predicted molar refractivity (Wildman–Crippen MR) is 172 cm³/mol. The molecule has 0 aromatic heterocycles. The maximum atomic E-state index is 6.35. The lowest BCUT2D eigenvalue weighted by Crippen LogP contribution is -2.10. The lowest BCUT2D eigenvalue weighted by Gasteiger charge is -2.13. The van der Waals surface area contributed by atoms with E-state index in [2.05, 4.69) is 13.8 Å². The van der Waals surface area contributed by atoms with Gasteiger partial charge in [-0.05, 0) is 25.7 Å². The van der Waals surface area contributed by atoms with Crippen LogP contribution in [0, 0.1) is 0 Å². The first-order valence-corrected chi connectivity index (χ1v) is 18.5. The van der Waals surface area contributed by atoms with Gasteiger partial charge in [0.05, 0.1) is 12.2 Å². The molecule has 0 aliphatic carbocycles. The zero-order chi connectivity index (χ0) is 27.2. The van der Waals surface area contributed by atoms with Crippen molar-refractivity contribution in [1.29, 1.82) is 0 Å². The molecule has 0 N–H and O–H groups in total. The molecule has 0 amide bonds. The molecule has 1 aliphatic rings. The molecule has 2 unspecified atom stereocenters. The second kappa shape index (κ2) is 29.9. The van der Waals surface area contributed by atoms with Gasteiger partial charge in [0.15, 0.2) is 0 Å². The van der Waals surface area contributed by atoms with Crippen LogP contribution in [0.2, 0.25) is 0 Å². The van der Waals surface area contributed by atoms with Crippen molar-refractivity contribution in [2.45, 2.75) is 238 Å². The van der Waals surface area contributed by atoms with Crippen molar-refractivity contribution in [2.24, 2.45) is 0 Å². The van der Waals surface area contributed by atoms with E-state index >= 15 is 0 Å². The van der Waals surface area contributed by atoms with Crippen molar-refractivity contribution in [1.82, 2.24) is 0 Å². The maximum Gasteiger partial charge on any atom is 0.0579 e. The number of hydrogen-bond donors (Lipinski definition) is 0. The van der Waals surface area contributed by atoms with E-state index in [-0.39, 0.29) is 0 Å². The van der Waals surface area contributed by atoms with E-state index in [1.807, 2.05) is 0 Å². The molecule has 2 atom stereocenters. The van der Waals surface area contributed by atoms with Gasteiger partial charge in [-0.15, -0.1) is 0 Å². The molecule has 0 bridgehead atoms. The molecule has 1 nitrogen and oxygen atoms in total. The van der Waals surface area contributed by atoms with Crippen molar-refractivity contribution in [3.05, 3.63) is 0 Å². The minimum absolute atomic E-state index is 0.592. The molecular weight excluding hydrogens is 460 g/mol. The van der Waals surface area contributed by atoms with Gasteiger partial charge >= 0.3 is 0 Å². The van der Waals surface area contributed by atoms with Crippen LogP contribution in [0.3, 0.4) is 0 Å². The highest BCUT2D eigenvalue weighted by Crippen LogP contribution is 2.27. The van der Waals surface area contributed by atoms with Crippen LogP contribution in [0.1, 0.15) is 226 Å². The zero-order valence-corrected chi connectivity index (χ0v) is 26.9. The van der Waals surface area contributed by atoms with E-state index in [1.165, 1.54) is 212 Å². The summed E-state index contributed by atoms with van der Waals surface area (Å²) in [6.45, 7) is 4.61. The normalized spacial score (nSPS) is 17.5. The Bertz CT molecular complexity index is 432. The highest BCUT2D eigenvalue weighted by molar-refractivity contribution is 4.73. The molecule has 1 aliphatic heterocycles. The van der Waals surface area contributed by atoms with Gasteiger partial charge in [0, 0.05) is 0 Å². The smallest absolute Gasteiger partial charge is 0.0579 e. The fraction of sp³-hybridized carbons (Fsp3) is 1.00. The summed E-state index contributed by atoms with van der Waals surface area (Å²) >= 11 is 0. The van der Waals surface area contributed by atoms with Gasteiger partial charge in [0.25, 0.3) is 0 Å². The zero-order valence-electron chi connectivity index (χ0n) is 26.9. The molecule has 0 aromatic rings. The fourth-order valence-electron chi connectivity index (χ4n) is 6.51. The van der Waals surface area contributed by atoms with E-state index in [9.17, 15) is 0 Å². The van der Waals surface area contributed by atoms with Gasteiger partial charge in [-0.1, -0.05) is 200 Å². The van der Waals surface area contributed by atoms with Crippen molar-refractivity contribution >= 4 is 0 Å². The van der Waals surface area contributed by atoms with E-state index in [1.54, 1.807) is 0 Å². The van der Waals surface area contributed by atoms with Crippen LogP contribution in [-0.4, -0.2) is 12.2 Å². The molecule has 228 valence electrons. The molecule has 1 heterocycles. The average Bonchev–Trinajstić information content (AvgIpc) is 3.38. The van der Waals surface area contributed by atoms with E-state index in [4.69, 9.17) is 4.74 Å². The van der Waals surface area contributed by atoms with Gasteiger partial charge in [-0.3, -0.25) is 0 Å². The highest BCUT2D eigenvalue weighted by atomic mass is 16.5. The Balaban J connectivity index is 1.70. The van der Waals surface area contributed by atoms with Crippen molar-refractivity contribution < 1.29 is 4.74 Å². The summed E-state index contributed by atoms with van der Waals surface area (Å²) in [6.07, 6.45) is 48.7. The summed E-state index contributed by atoms with van der Waals surface area (Å²) in [5.74, 6) is 0. The van der Waals surface area contributed by atoms with Gasteiger partial charge in [0.2, 0.25) is 0 Å². The quantitative estimate of drug-likeness (QED) is 0.0803. The van der Waals surface area contributed by atoms with Gasteiger partial charge < -0.3 is 4.74 Å². The molecule has 1 rings (SSSR count). The summed E-state index contributed by atoms with van der Waals surface area (Å²) in [5.41, 5.74) is 0. The molecule has 1 saturated heterocycles. The van der Waals surface area contributed by atoms with Gasteiger partial charge in [-0.2, -0.15) is 0 Å². The Morgan fingerprint density at radius 1 is 0.316 bits per heavy atom. The third-order valence-electron chi connectivity index (χ3n) is 9.20. The minimum atomic E-state index is 0.592. The molecule has 38 heavy (non-hydrogen) atoms. The predicted octanol–water partition coefficient (Wildman–Crippen LogP) is 13.7. The molecule has 0 aromatic carbocycles. The number of ether oxygens (including phenoxy) is 1. The number of unbranched alkanes of at least 4 members (excludes halogenated alkanes) is 27. The summed E-state index contributed by atoms with van der Waals surface area (Å²) < 4.78 is 6.35. The molecule has 0 spiro atoms. The van der Waals surface area contributed by atoms with Crippen molar-refractivity contribution in [2.75, 3.05) is 0 Å². The second-order valence-corrected chi connectivity index (χ2v) is 13.1. The molecular formula is C37H74O. The average molecular weight is 535 g/mol. The number of hydrogen-bond acceptors (Lipinski definition) is 1. The lowest BCUT2D eigenvalue weighted by molar-refractivity contribution is 0.0335. The minimum Gasteiger partial charge on any atom is -0.375 e. The molecule has 0 saturated carbocycles. The van der Waals surface area contributed by atoms with Crippen molar-refractivity contribution in [3.63, 3.8) is 0 Å². The maximum absolute atomic E-state index is 6.35. The van der Waals surface area contributed by atoms with Crippen LogP contribution >= 0.6 is 0 Å². The van der Waals surface area contributed by atoms with Crippen LogP contribution < -0.4 is 0 Å². The van der Waals surface area contributed by atoms with E-state index < -0.39 is 0 Å². The SMILES string of the molecule is CCCCCCCCCCCCCCCCCCCCCCCCC1CCC(CCCCCCCCC)O1. The van der Waals surface area contributed by atoms with E-state index in [0.29, 0.717) is 12.2 Å². The van der Waals surface area contributed by atoms with Crippen LogP contribution in [0.5, 0.6) is 0 Å². The van der Waals surface area contributed by atoms with E-state index in [0.717, 1.165) is 0 Å². The Labute approximate surface area is 242 Å². The number of rotatable bonds is 31. The standard InChI is InChI=1S/C37H74O/c1-3-5-7-9-11-12-13-14-15-16-17-18-19-20-21-22-23-24-25-27-29-31-33-37-35-34-36(38-37)32-30-28-26-10-8-6-4-2/h36-37H,3-35H2,1-2H3. The summed E-state index contributed by atoms with van der Waals surface area (Å²) in [7, 11) is 0.